The van der Waals surface area contributed by atoms with E-state index in [1.54, 1.807) is 6.92 Å². The molecule has 2 rings (SSSR count). The van der Waals surface area contributed by atoms with Crippen LogP contribution in [0.2, 0.25) is 0 Å². The van der Waals surface area contributed by atoms with Crippen LogP contribution in [0.15, 0.2) is 17.4 Å². The number of alkyl halides is 3. The highest BCUT2D eigenvalue weighted by molar-refractivity contribution is 8.00. The minimum Gasteiger partial charge on any atom is -0.352 e. The summed E-state index contributed by atoms with van der Waals surface area (Å²) in [6, 6.07) is 0.937. The van der Waals surface area contributed by atoms with Crippen LogP contribution in [0, 0.1) is 11.8 Å². The molecule has 1 aliphatic carbocycles. The lowest BCUT2D eigenvalue weighted by atomic mass is 9.78. The Labute approximate surface area is 144 Å². The molecule has 0 aliphatic heterocycles. The van der Waals surface area contributed by atoms with Crippen molar-refractivity contribution >= 4 is 17.7 Å². The number of aromatic nitrogens is 2. The molecule has 0 saturated heterocycles. The first-order valence-corrected chi connectivity index (χ1v) is 8.93. The molecular formula is C16H22F3N3OS. The summed E-state index contributed by atoms with van der Waals surface area (Å²) in [6.45, 7) is 5.96. The van der Waals surface area contributed by atoms with Gasteiger partial charge in [-0.1, -0.05) is 38.5 Å². The average Bonchev–Trinajstić information content (AvgIpc) is 2.51. The largest absolute Gasteiger partial charge is 0.433 e. The number of hydrogen-bond donors (Lipinski definition) is 1. The normalized spacial score (nSPS) is 26.0. The summed E-state index contributed by atoms with van der Waals surface area (Å²) in [7, 11) is 0. The first-order valence-electron chi connectivity index (χ1n) is 8.05. The second-order valence-electron chi connectivity index (χ2n) is 6.36. The van der Waals surface area contributed by atoms with Crippen LogP contribution >= 0.6 is 11.8 Å². The fourth-order valence-electron chi connectivity index (χ4n) is 2.85. The average molecular weight is 361 g/mol. The molecule has 1 aromatic rings. The molecule has 0 unspecified atom stereocenters. The molecule has 8 heteroatoms. The number of nitrogens with one attached hydrogen (secondary N) is 1. The van der Waals surface area contributed by atoms with Crippen molar-refractivity contribution in [3.8, 4) is 0 Å². The molecule has 1 saturated carbocycles. The quantitative estimate of drug-likeness (QED) is 0.652. The number of nitrogens with zero attached hydrogens (tertiary/aromatic N) is 2. The monoisotopic (exact) mass is 361 g/mol. The Morgan fingerprint density at radius 1 is 1.38 bits per heavy atom. The van der Waals surface area contributed by atoms with Crippen LogP contribution in [0.4, 0.5) is 13.2 Å². The first kappa shape index (κ1) is 19.0. The molecule has 0 aromatic carbocycles. The topological polar surface area (TPSA) is 54.9 Å². The van der Waals surface area contributed by atoms with E-state index in [2.05, 4.69) is 29.1 Å². The zero-order chi connectivity index (χ0) is 17.9. The van der Waals surface area contributed by atoms with Crippen LogP contribution in [0.25, 0.3) is 0 Å². The molecule has 134 valence electrons. The molecule has 0 bridgehead atoms. The summed E-state index contributed by atoms with van der Waals surface area (Å²) in [5.74, 6) is 0.760. The van der Waals surface area contributed by atoms with E-state index >= 15 is 0 Å². The van der Waals surface area contributed by atoms with Crippen molar-refractivity contribution < 1.29 is 18.0 Å². The van der Waals surface area contributed by atoms with Crippen LogP contribution < -0.4 is 5.32 Å². The van der Waals surface area contributed by atoms with E-state index in [0.29, 0.717) is 11.8 Å². The van der Waals surface area contributed by atoms with Crippen LogP contribution in [0.3, 0.4) is 0 Å². The molecule has 0 radical (unpaired) electrons. The van der Waals surface area contributed by atoms with Gasteiger partial charge in [0.05, 0.1) is 5.25 Å². The number of thioether (sulfide) groups is 1. The van der Waals surface area contributed by atoms with Crippen molar-refractivity contribution in [1.82, 2.24) is 15.3 Å². The lowest BCUT2D eigenvalue weighted by Crippen LogP contribution is -2.46. The lowest BCUT2D eigenvalue weighted by Gasteiger charge is -2.35. The number of carbonyl (C=O) groups is 1. The third-order valence-electron chi connectivity index (χ3n) is 4.61. The summed E-state index contributed by atoms with van der Waals surface area (Å²) in [5.41, 5.74) is -0.998. The van der Waals surface area contributed by atoms with Crippen LogP contribution in [-0.2, 0) is 11.0 Å². The van der Waals surface area contributed by atoms with Crippen molar-refractivity contribution in [1.29, 1.82) is 0 Å². The van der Waals surface area contributed by atoms with Gasteiger partial charge in [0.1, 0.15) is 5.69 Å². The Kier molecular flexibility index (Phi) is 6.11. The Bertz CT molecular complexity index is 582. The minimum atomic E-state index is -4.52. The van der Waals surface area contributed by atoms with Gasteiger partial charge in [-0.05, 0) is 31.2 Å². The van der Waals surface area contributed by atoms with E-state index in [4.69, 9.17) is 0 Å². The van der Waals surface area contributed by atoms with Gasteiger partial charge in [0.15, 0.2) is 5.16 Å². The third kappa shape index (κ3) is 4.84. The maximum Gasteiger partial charge on any atom is 0.433 e. The van der Waals surface area contributed by atoms with Gasteiger partial charge < -0.3 is 5.32 Å². The second kappa shape index (κ2) is 7.72. The van der Waals surface area contributed by atoms with Gasteiger partial charge in [-0.15, -0.1) is 0 Å². The Hall–Kier alpha value is -1.31. The fourth-order valence-corrected chi connectivity index (χ4v) is 3.62. The van der Waals surface area contributed by atoms with Gasteiger partial charge in [-0.3, -0.25) is 4.79 Å². The van der Waals surface area contributed by atoms with E-state index in [-0.39, 0.29) is 17.1 Å². The maximum atomic E-state index is 12.7. The van der Waals surface area contributed by atoms with Gasteiger partial charge in [0.25, 0.3) is 0 Å². The second-order valence-corrected chi connectivity index (χ2v) is 7.67. The third-order valence-corrected chi connectivity index (χ3v) is 5.58. The van der Waals surface area contributed by atoms with Gasteiger partial charge in [0.2, 0.25) is 5.91 Å². The first-order chi connectivity index (χ1) is 11.2. The number of rotatable bonds is 4. The van der Waals surface area contributed by atoms with Crippen molar-refractivity contribution in [2.75, 3.05) is 0 Å². The van der Waals surface area contributed by atoms with Crippen LogP contribution in [0.5, 0.6) is 0 Å². The maximum absolute atomic E-state index is 12.7. The van der Waals surface area contributed by atoms with Crippen LogP contribution in [0.1, 0.15) is 45.7 Å². The summed E-state index contributed by atoms with van der Waals surface area (Å²) in [5, 5.41) is 2.42. The van der Waals surface area contributed by atoms with Gasteiger partial charge >= 0.3 is 6.18 Å². The Morgan fingerprint density at radius 2 is 2.08 bits per heavy atom. The minimum absolute atomic E-state index is 0.0439. The van der Waals surface area contributed by atoms with E-state index in [1.165, 1.54) is 0 Å². The van der Waals surface area contributed by atoms with Gasteiger partial charge in [0, 0.05) is 12.2 Å². The zero-order valence-electron chi connectivity index (χ0n) is 13.9. The summed E-state index contributed by atoms with van der Waals surface area (Å²) in [6.07, 6.45) is -0.273. The number of amides is 1. The molecule has 1 heterocycles. The van der Waals surface area contributed by atoms with E-state index in [0.717, 1.165) is 43.3 Å². The van der Waals surface area contributed by atoms with E-state index in [1.807, 2.05) is 0 Å². The molecule has 4 nitrogen and oxygen atoms in total. The van der Waals surface area contributed by atoms with E-state index in [9.17, 15) is 18.0 Å². The molecule has 1 aliphatic rings. The van der Waals surface area contributed by atoms with E-state index < -0.39 is 17.1 Å². The predicted octanol–water partition coefficient (Wildman–Crippen LogP) is 3.92. The highest BCUT2D eigenvalue weighted by Gasteiger charge is 2.33. The highest BCUT2D eigenvalue weighted by atomic mass is 32.2. The predicted molar refractivity (Wildman–Crippen MR) is 86.5 cm³/mol. The lowest BCUT2D eigenvalue weighted by molar-refractivity contribution is -0.141. The fraction of sp³-hybridized carbons (Fsp3) is 0.688. The van der Waals surface area contributed by atoms with Gasteiger partial charge in [-0.25, -0.2) is 9.97 Å². The van der Waals surface area contributed by atoms with Crippen molar-refractivity contribution in [3.05, 3.63) is 18.0 Å². The molecule has 1 fully saturated rings. The Balaban J connectivity index is 1.97. The molecule has 0 spiro atoms. The number of halogens is 3. The molecule has 1 aromatic heterocycles. The van der Waals surface area contributed by atoms with Crippen LogP contribution in [-0.4, -0.2) is 27.2 Å². The van der Waals surface area contributed by atoms with Crippen molar-refractivity contribution in [2.45, 2.75) is 62.7 Å². The number of hydrogen-bond acceptors (Lipinski definition) is 4. The zero-order valence-corrected chi connectivity index (χ0v) is 14.7. The smallest absolute Gasteiger partial charge is 0.352 e. The number of carbonyl (C=O) groups excluding carboxylic acids is 1. The molecule has 1 amide bonds. The molecule has 1 N–H and O–H groups in total. The van der Waals surface area contributed by atoms with Crippen molar-refractivity contribution in [2.24, 2.45) is 11.8 Å². The van der Waals surface area contributed by atoms with Crippen molar-refractivity contribution in [3.63, 3.8) is 0 Å². The summed E-state index contributed by atoms with van der Waals surface area (Å²) in [4.78, 5) is 19.6. The Morgan fingerprint density at radius 3 is 2.75 bits per heavy atom. The molecular weight excluding hydrogens is 339 g/mol. The summed E-state index contributed by atoms with van der Waals surface area (Å²) >= 11 is 0.938. The van der Waals surface area contributed by atoms with Gasteiger partial charge in [-0.2, -0.15) is 13.2 Å². The molecule has 4 atom stereocenters. The molecule has 24 heavy (non-hydrogen) atoms. The highest BCUT2D eigenvalue weighted by Crippen LogP contribution is 2.31. The SMILES string of the molecule is C[C@@H]1[C@H](C)CCC[C@H]1NC(=O)[C@H](C)Sc1nccc(C(F)(F)F)n1. The standard InChI is InChI=1S/C16H22F3N3OS/c1-9-5-4-6-12(10(9)2)21-14(23)11(3)24-15-20-8-7-13(22-15)16(17,18)19/h7-12H,4-6H2,1-3H3,(H,21,23)/t9-,10-,11+,12-/m1/s1. The summed E-state index contributed by atoms with van der Waals surface area (Å²) < 4.78 is 38.0.